The van der Waals surface area contributed by atoms with Gasteiger partial charge < -0.3 is 11.1 Å². The minimum atomic E-state index is -0.390. The van der Waals surface area contributed by atoms with E-state index in [2.05, 4.69) is 10.4 Å². The van der Waals surface area contributed by atoms with Crippen molar-refractivity contribution in [1.29, 1.82) is 0 Å². The summed E-state index contributed by atoms with van der Waals surface area (Å²) in [5.41, 5.74) is 10.4. The van der Waals surface area contributed by atoms with E-state index in [-0.39, 0.29) is 11.9 Å². The van der Waals surface area contributed by atoms with Gasteiger partial charge in [0, 0.05) is 18.3 Å². The molecule has 0 saturated heterocycles. The fourth-order valence-corrected chi connectivity index (χ4v) is 4.01. The Morgan fingerprint density at radius 1 is 1.20 bits per heavy atom. The lowest BCUT2D eigenvalue weighted by Crippen LogP contribution is -2.43. The van der Waals surface area contributed by atoms with Gasteiger partial charge in [-0.15, -0.1) is 0 Å². The Morgan fingerprint density at radius 2 is 1.80 bits per heavy atom. The van der Waals surface area contributed by atoms with Crippen LogP contribution in [-0.2, 0) is 11.8 Å². The van der Waals surface area contributed by atoms with Crippen LogP contribution in [0.2, 0.25) is 0 Å². The van der Waals surface area contributed by atoms with E-state index >= 15 is 0 Å². The summed E-state index contributed by atoms with van der Waals surface area (Å²) in [7, 11) is 1.94. The summed E-state index contributed by atoms with van der Waals surface area (Å²) in [4.78, 5) is 12.6. The first kappa shape index (κ1) is 16.3. The van der Waals surface area contributed by atoms with Crippen LogP contribution in [-0.4, -0.2) is 21.7 Å². The zero-order valence-electron chi connectivity index (χ0n) is 14.9. The second-order valence-electron chi connectivity index (χ2n) is 7.64. The summed E-state index contributed by atoms with van der Waals surface area (Å²) in [6, 6.07) is 7.53. The second kappa shape index (κ2) is 6.30. The van der Waals surface area contributed by atoms with Crippen LogP contribution >= 0.6 is 0 Å². The fraction of sp³-hybridized carbons (Fsp3) is 0.500. The molecule has 2 aliphatic rings. The zero-order valence-corrected chi connectivity index (χ0v) is 14.9. The molecule has 0 aliphatic heterocycles. The van der Waals surface area contributed by atoms with Gasteiger partial charge in [0.25, 0.3) is 0 Å². The molecule has 3 N–H and O–H groups in total. The lowest BCUT2D eigenvalue weighted by Gasteiger charge is -2.23. The van der Waals surface area contributed by atoms with Crippen LogP contribution in [0.4, 0.5) is 5.69 Å². The van der Waals surface area contributed by atoms with E-state index in [1.54, 1.807) is 0 Å². The molecule has 5 heteroatoms. The number of nitrogens with two attached hydrogens (primary N) is 1. The van der Waals surface area contributed by atoms with Crippen molar-refractivity contribution in [3.05, 3.63) is 36.0 Å². The van der Waals surface area contributed by atoms with Crippen molar-refractivity contribution in [2.24, 2.45) is 30.5 Å². The topological polar surface area (TPSA) is 72.9 Å². The summed E-state index contributed by atoms with van der Waals surface area (Å²) in [5, 5.41) is 7.28. The Kier molecular flexibility index (Phi) is 4.12. The van der Waals surface area contributed by atoms with Crippen molar-refractivity contribution < 1.29 is 4.79 Å². The zero-order chi connectivity index (χ0) is 17.6. The molecule has 0 unspecified atom stereocenters. The first-order valence-electron chi connectivity index (χ1n) is 9.20. The van der Waals surface area contributed by atoms with Gasteiger partial charge in [0.1, 0.15) is 0 Å². The van der Waals surface area contributed by atoms with E-state index in [0.29, 0.717) is 17.8 Å². The van der Waals surface area contributed by atoms with E-state index < -0.39 is 0 Å². The summed E-state index contributed by atoms with van der Waals surface area (Å²) in [6.45, 7) is 2.05. The SMILES string of the molecule is Cc1cnn(C)c1-c1ccc(NC(=O)[C@@H](N)C(C2CC2)C2CC2)cc1. The Hall–Kier alpha value is -2.14. The molecule has 0 bridgehead atoms. The first-order chi connectivity index (χ1) is 12.0. The van der Waals surface area contributed by atoms with Crippen molar-refractivity contribution in [3.8, 4) is 11.3 Å². The van der Waals surface area contributed by atoms with Crippen LogP contribution in [0.15, 0.2) is 30.5 Å². The molecule has 0 radical (unpaired) electrons. The third-order valence-corrected chi connectivity index (χ3v) is 5.60. The van der Waals surface area contributed by atoms with E-state index in [1.165, 1.54) is 25.7 Å². The molecule has 2 aliphatic carbocycles. The third-order valence-electron chi connectivity index (χ3n) is 5.60. The molecule has 132 valence electrons. The number of nitrogens with one attached hydrogen (secondary N) is 1. The largest absolute Gasteiger partial charge is 0.325 e. The van der Waals surface area contributed by atoms with Crippen LogP contribution < -0.4 is 11.1 Å². The first-order valence-corrected chi connectivity index (χ1v) is 9.20. The van der Waals surface area contributed by atoms with Gasteiger partial charge in [-0.05, 0) is 68.1 Å². The maximum absolute atomic E-state index is 12.6. The molecule has 2 fully saturated rings. The molecule has 2 aromatic rings. The number of amides is 1. The van der Waals surface area contributed by atoms with Gasteiger partial charge in [-0.1, -0.05) is 12.1 Å². The smallest absolute Gasteiger partial charge is 0.241 e. The number of aromatic nitrogens is 2. The molecule has 4 rings (SSSR count). The van der Waals surface area contributed by atoms with Gasteiger partial charge in [-0.2, -0.15) is 5.10 Å². The van der Waals surface area contributed by atoms with Crippen molar-refractivity contribution in [1.82, 2.24) is 9.78 Å². The summed E-state index contributed by atoms with van der Waals surface area (Å²) < 4.78 is 1.87. The highest BCUT2D eigenvalue weighted by molar-refractivity contribution is 5.95. The number of hydrogen-bond acceptors (Lipinski definition) is 3. The van der Waals surface area contributed by atoms with E-state index in [4.69, 9.17) is 5.73 Å². The molecular weight excluding hydrogens is 312 g/mol. The lowest BCUT2D eigenvalue weighted by atomic mass is 9.89. The second-order valence-corrected chi connectivity index (χ2v) is 7.64. The van der Waals surface area contributed by atoms with Crippen LogP contribution in [0.5, 0.6) is 0 Å². The van der Waals surface area contributed by atoms with Gasteiger partial charge in [-0.3, -0.25) is 9.48 Å². The standard InChI is InChI=1S/C20H26N4O/c1-12-11-22-24(2)19(12)15-7-9-16(10-8-15)23-20(25)18(21)17(13-3-4-13)14-5-6-14/h7-11,13-14,17-18H,3-6,21H2,1-2H3,(H,23,25)/t18-/m0/s1. The van der Waals surface area contributed by atoms with Gasteiger partial charge in [0.15, 0.2) is 0 Å². The molecule has 1 aromatic heterocycles. The summed E-state index contributed by atoms with van der Waals surface area (Å²) in [6.07, 6.45) is 6.81. The molecule has 0 spiro atoms. The Balaban J connectivity index is 1.44. The predicted octanol–water partition coefficient (Wildman–Crippen LogP) is 3.10. The average Bonchev–Trinajstić information content (AvgIpc) is 3.51. The molecule has 25 heavy (non-hydrogen) atoms. The van der Waals surface area contributed by atoms with Crippen LogP contribution in [0, 0.1) is 24.7 Å². The summed E-state index contributed by atoms with van der Waals surface area (Å²) >= 11 is 0. The molecule has 2 saturated carbocycles. The third kappa shape index (κ3) is 3.33. The number of carbonyl (C=O) groups excluding carboxylic acids is 1. The van der Waals surface area contributed by atoms with Crippen LogP contribution in [0.3, 0.4) is 0 Å². The molecular formula is C20H26N4O. The minimum absolute atomic E-state index is 0.0479. The molecule has 1 amide bonds. The van der Waals surface area contributed by atoms with Gasteiger partial charge in [0.2, 0.25) is 5.91 Å². The average molecular weight is 338 g/mol. The van der Waals surface area contributed by atoms with Crippen molar-refractivity contribution in [2.45, 2.75) is 38.6 Å². The molecule has 1 heterocycles. The van der Waals surface area contributed by atoms with E-state index in [9.17, 15) is 4.79 Å². The lowest BCUT2D eigenvalue weighted by molar-refractivity contribution is -0.118. The summed E-state index contributed by atoms with van der Waals surface area (Å²) in [5.74, 6) is 1.66. The molecule has 5 nitrogen and oxygen atoms in total. The van der Waals surface area contributed by atoms with Gasteiger partial charge >= 0.3 is 0 Å². The molecule has 1 atom stereocenters. The Morgan fingerprint density at radius 3 is 2.28 bits per heavy atom. The van der Waals surface area contributed by atoms with Crippen LogP contribution in [0.25, 0.3) is 11.3 Å². The molecule has 1 aromatic carbocycles. The maximum atomic E-state index is 12.6. The van der Waals surface area contributed by atoms with Gasteiger partial charge in [0.05, 0.1) is 17.9 Å². The number of hydrogen-bond donors (Lipinski definition) is 2. The fourth-order valence-electron chi connectivity index (χ4n) is 4.01. The number of carbonyl (C=O) groups is 1. The van der Waals surface area contributed by atoms with Gasteiger partial charge in [-0.25, -0.2) is 0 Å². The minimum Gasteiger partial charge on any atom is -0.325 e. The number of benzene rings is 1. The highest BCUT2D eigenvalue weighted by Gasteiger charge is 2.46. The van der Waals surface area contributed by atoms with Crippen molar-refractivity contribution in [3.63, 3.8) is 0 Å². The monoisotopic (exact) mass is 338 g/mol. The Bertz CT molecular complexity index is 740. The van der Waals surface area contributed by atoms with Crippen molar-refractivity contribution in [2.75, 3.05) is 5.32 Å². The number of aryl methyl sites for hydroxylation is 2. The highest BCUT2D eigenvalue weighted by atomic mass is 16.2. The predicted molar refractivity (Wildman–Crippen MR) is 98.9 cm³/mol. The van der Waals surface area contributed by atoms with E-state index in [0.717, 1.165) is 22.5 Å². The quantitative estimate of drug-likeness (QED) is 0.850. The highest BCUT2D eigenvalue weighted by Crippen LogP contribution is 2.50. The maximum Gasteiger partial charge on any atom is 0.241 e. The van der Waals surface area contributed by atoms with Crippen LogP contribution in [0.1, 0.15) is 31.2 Å². The number of nitrogens with zero attached hydrogens (tertiary/aromatic N) is 2. The Labute approximate surface area is 148 Å². The van der Waals surface area contributed by atoms with E-state index in [1.807, 2.05) is 49.1 Å². The number of anilines is 1. The normalized spacial score (nSPS) is 18.4. The van der Waals surface area contributed by atoms with Crippen molar-refractivity contribution >= 4 is 11.6 Å². The number of rotatable bonds is 6.